The summed E-state index contributed by atoms with van der Waals surface area (Å²) in [5.74, 6) is -0.728. The van der Waals surface area contributed by atoms with Crippen LogP contribution in [0.2, 0.25) is 0 Å². The summed E-state index contributed by atoms with van der Waals surface area (Å²) in [6.07, 6.45) is 8.41. The molecule has 7 nitrogen and oxygen atoms in total. The van der Waals surface area contributed by atoms with E-state index in [9.17, 15) is 19.8 Å². The number of allylic oxidation sites excluding steroid dienone is 3. The number of ketones is 1. The van der Waals surface area contributed by atoms with Crippen LogP contribution >= 0.6 is 0 Å². The number of hydrogen-bond acceptors (Lipinski definition) is 6. The highest BCUT2D eigenvalue weighted by Crippen LogP contribution is 2.21. The Kier molecular flexibility index (Phi) is 9.60. The molecule has 2 heterocycles. The van der Waals surface area contributed by atoms with Crippen LogP contribution in [0.1, 0.15) is 65.0 Å². The van der Waals surface area contributed by atoms with Gasteiger partial charge in [0, 0.05) is 19.3 Å². The molecule has 0 aromatic carbocycles. The molecule has 1 amide bonds. The van der Waals surface area contributed by atoms with E-state index in [-0.39, 0.29) is 36.5 Å². The van der Waals surface area contributed by atoms with E-state index in [2.05, 4.69) is 10.3 Å². The van der Waals surface area contributed by atoms with Gasteiger partial charge >= 0.3 is 0 Å². The first-order valence-corrected chi connectivity index (χ1v) is 11.2. The van der Waals surface area contributed by atoms with Gasteiger partial charge in [-0.1, -0.05) is 37.6 Å². The number of aliphatic hydroxyl groups excluding tert-OH is 2. The van der Waals surface area contributed by atoms with Gasteiger partial charge in [0.25, 0.3) is 0 Å². The molecule has 2 rings (SSSR count). The number of aryl methyl sites for hydroxylation is 1. The van der Waals surface area contributed by atoms with Crippen LogP contribution in [0.3, 0.4) is 0 Å². The molecule has 0 fully saturated rings. The average molecular weight is 445 g/mol. The van der Waals surface area contributed by atoms with Gasteiger partial charge in [0.05, 0.1) is 24.7 Å². The molecule has 0 bridgehead atoms. The standard InChI is InChI=1S/C25H36N2O5/c1-15-7-6-8-16(2)25(31)18(4)23(29)12-21(28)13-24(30)27-22(10-9-15)17(3)11-20-14-32-19(5)26-20/h6-7,9,11,14,16,18,21-22,25,28,31H,8,10,12-13H2,1-5H3,(H,27,30)/b7-6+,15-9-,17-11+/t16-,18-,21+,22-,25-/m0/s1. The van der Waals surface area contributed by atoms with Crippen molar-refractivity contribution in [1.29, 1.82) is 0 Å². The lowest BCUT2D eigenvalue weighted by Crippen LogP contribution is -2.38. The van der Waals surface area contributed by atoms with Crippen molar-refractivity contribution >= 4 is 17.8 Å². The summed E-state index contributed by atoms with van der Waals surface area (Å²) >= 11 is 0. The molecule has 176 valence electrons. The minimum absolute atomic E-state index is 0.102. The molecular weight excluding hydrogens is 408 g/mol. The molecule has 1 aromatic rings. The second kappa shape index (κ2) is 11.9. The molecule has 0 aliphatic carbocycles. The van der Waals surface area contributed by atoms with Crippen LogP contribution in [-0.2, 0) is 9.59 Å². The van der Waals surface area contributed by atoms with Crippen molar-refractivity contribution < 1.29 is 24.2 Å². The Morgan fingerprint density at radius 2 is 1.91 bits per heavy atom. The summed E-state index contributed by atoms with van der Waals surface area (Å²) in [5.41, 5.74) is 2.61. The number of carbonyl (C=O) groups is 2. The fourth-order valence-corrected chi connectivity index (χ4v) is 3.76. The van der Waals surface area contributed by atoms with Crippen LogP contribution < -0.4 is 5.32 Å². The summed E-state index contributed by atoms with van der Waals surface area (Å²) in [6.45, 7) is 9.24. The number of rotatable bonds is 2. The lowest BCUT2D eigenvalue weighted by molar-refractivity contribution is -0.130. The molecule has 0 saturated carbocycles. The average Bonchev–Trinajstić information content (AvgIpc) is 3.13. The number of aromatic nitrogens is 1. The van der Waals surface area contributed by atoms with Gasteiger partial charge in [0.2, 0.25) is 5.91 Å². The van der Waals surface area contributed by atoms with E-state index in [1.807, 2.05) is 45.1 Å². The summed E-state index contributed by atoms with van der Waals surface area (Å²) in [4.78, 5) is 29.4. The van der Waals surface area contributed by atoms with Crippen LogP contribution in [0.5, 0.6) is 0 Å². The van der Waals surface area contributed by atoms with E-state index >= 15 is 0 Å². The second-order valence-corrected chi connectivity index (χ2v) is 8.91. The fraction of sp³-hybridized carbons (Fsp3) is 0.560. The number of nitrogens with zero attached hydrogens (tertiary/aromatic N) is 1. The second-order valence-electron chi connectivity index (χ2n) is 8.91. The number of oxazole rings is 1. The van der Waals surface area contributed by atoms with Crippen LogP contribution in [0.4, 0.5) is 0 Å². The van der Waals surface area contributed by atoms with E-state index in [1.165, 1.54) is 0 Å². The summed E-state index contributed by atoms with van der Waals surface area (Å²) in [6, 6.07) is -0.293. The SMILES string of the molecule is CC1=C/C[C@@H](/C(C)=C/c2coc(C)n2)NC(=O)C[C@H](O)CC(=O)[C@H](C)[C@@H](O)[C@@H](C)C\C=C\1. The minimum Gasteiger partial charge on any atom is -0.449 e. The van der Waals surface area contributed by atoms with E-state index < -0.39 is 18.1 Å². The number of nitrogens with one attached hydrogen (secondary N) is 1. The van der Waals surface area contributed by atoms with Gasteiger partial charge in [-0.2, -0.15) is 0 Å². The van der Waals surface area contributed by atoms with Gasteiger partial charge in [0.1, 0.15) is 17.7 Å². The Morgan fingerprint density at radius 1 is 1.19 bits per heavy atom. The Labute approximate surface area is 190 Å². The molecule has 1 aliphatic heterocycles. The smallest absolute Gasteiger partial charge is 0.223 e. The van der Waals surface area contributed by atoms with Crippen LogP contribution in [0.25, 0.3) is 6.08 Å². The van der Waals surface area contributed by atoms with Crippen molar-refractivity contribution in [3.05, 3.63) is 47.2 Å². The van der Waals surface area contributed by atoms with Crippen LogP contribution in [0.15, 0.2) is 40.1 Å². The quantitative estimate of drug-likeness (QED) is 0.643. The first-order valence-electron chi connectivity index (χ1n) is 11.2. The number of Topliss-reactive ketones (excluding diaryl/α,β-unsaturated/α-hetero) is 1. The van der Waals surface area contributed by atoms with Gasteiger partial charge in [-0.25, -0.2) is 4.98 Å². The molecule has 1 aromatic heterocycles. The predicted octanol–water partition coefficient (Wildman–Crippen LogP) is 3.51. The van der Waals surface area contributed by atoms with Crippen LogP contribution in [0, 0.1) is 18.8 Å². The fourth-order valence-electron chi connectivity index (χ4n) is 3.76. The molecule has 0 unspecified atom stereocenters. The Bertz CT molecular complexity index is 883. The van der Waals surface area contributed by atoms with Crippen molar-refractivity contribution in [2.24, 2.45) is 11.8 Å². The van der Waals surface area contributed by atoms with Crippen molar-refractivity contribution in [2.75, 3.05) is 0 Å². The van der Waals surface area contributed by atoms with Gasteiger partial charge < -0.3 is 19.9 Å². The van der Waals surface area contributed by atoms with Gasteiger partial charge in [-0.15, -0.1) is 0 Å². The van der Waals surface area contributed by atoms with Gasteiger partial charge in [-0.3, -0.25) is 9.59 Å². The maximum atomic E-state index is 12.6. The molecule has 32 heavy (non-hydrogen) atoms. The number of aliphatic hydroxyl groups is 2. The zero-order chi connectivity index (χ0) is 23.8. The van der Waals surface area contributed by atoms with Gasteiger partial charge in [-0.05, 0) is 44.3 Å². The highest BCUT2D eigenvalue weighted by Gasteiger charge is 2.28. The van der Waals surface area contributed by atoms with Crippen molar-refractivity contribution in [2.45, 2.75) is 78.6 Å². The molecule has 3 N–H and O–H groups in total. The predicted molar refractivity (Wildman–Crippen MR) is 124 cm³/mol. The Hall–Kier alpha value is -2.51. The molecule has 0 spiro atoms. The molecular formula is C25H36N2O5. The zero-order valence-electron chi connectivity index (χ0n) is 19.7. The normalized spacial score (nSPS) is 32.2. The first kappa shape index (κ1) is 25.7. The summed E-state index contributed by atoms with van der Waals surface area (Å²) in [7, 11) is 0. The lowest BCUT2D eigenvalue weighted by Gasteiger charge is -2.24. The van der Waals surface area contributed by atoms with Crippen molar-refractivity contribution in [3.8, 4) is 0 Å². The van der Waals surface area contributed by atoms with E-state index in [1.54, 1.807) is 20.1 Å². The topological polar surface area (TPSA) is 113 Å². The first-order chi connectivity index (χ1) is 15.1. The summed E-state index contributed by atoms with van der Waals surface area (Å²) in [5, 5.41) is 23.8. The van der Waals surface area contributed by atoms with Crippen molar-refractivity contribution in [3.63, 3.8) is 0 Å². The lowest BCUT2D eigenvalue weighted by atomic mass is 9.86. The maximum Gasteiger partial charge on any atom is 0.223 e. The monoisotopic (exact) mass is 444 g/mol. The largest absolute Gasteiger partial charge is 0.449 e. The van der Waals surface area contributed by atoms with Crippen LogP contribution in [-0.4, -0.2) is 45.1 Å². The third kappa shape index (κ3) is 7.88. The number of carbonyl (C=O) groups excluding carboxylic acids is 2. The van der Waals surface area contributed by atoms with Crippen molar-refractivity contribution in [1.82, 2.24) is 10.3 Å². The summed E-state index contributed by atoms with van der Waals surface area (Å²) < 4.78 is 5.25. The minimum atomic E-state index is -1.10. The zero-order valence-corrected chi connectivity index (χ0v) is 19.7. The molecule has 7 heteroatoms. The molecule has 5 atom stereocenters. The van der Waals surface area contributed by atoms with E-state index in [0.717, 1.165) is 11.1 Å². The Morgan fingerprint density at radius 3 is 2.56 bits per heavy atom. The number of hydrogen-bond donors (Lipinski definition) is 3. The third-order valence-corrected chi connectivity index (χ3v) is 5.92. The van der Waals surface area contributed by atoms with Gasteiger partial charge in [0.15, 0.2) is 5.89 Å². The molecule has 0 saturated heterocycles. The van der Waals surface area contributed by atoms with E-state index in [0.29, 0.717) is 24.4 Å². The molecule has 1 aliphatic rings. The number of amides is 1. The highest BCUT2D eigenvalue weighted by molar-refractivity contribution is 5.83. The third-order valence-electron chi connectivity index (χ3n) is 5.92. The van der Waals surface area contributed by atoms with E-state index in [4.69, 9.17) is 4.42 Å². The maximum absolute atomic E-state index is 12.6. The highest BCUT2D eigenvalue weighted by atomic mass is 16.3. The Balaban J connectivity index is 2.27. The molecule has 0 radical (unpaired) electrons.